The van der Waals surface area contributed by atoms with Gasteiger partial charge in [-0.1, -0.05) is 0 Å². The normalized spacial score (nSPS) is 10.7. The molecule has 1 N–H and O–H groups in total. The van der Waals surface area contributed by atoms with Gasteiger partial charge in [0.2, 0.25) is 5.91 Å². The molecule has 0 atom stereocenters. The van der Waals surface area contributed by atoms with Gasteiger partial charge in [0.1, 0.15) is 5.82 Å². The Bertz CT molecular complexity index is 643. The van der Waals surface area contributed by atoms with E-state index in [0.29, 0.717) is 25.0 Å². The van der Waals surface area contributed by atoms with Gasteiger partial charge < -0.3 is 14.8 Å². The number of nitrogens with zero attached hydrogens (tertiary/aromatic N) is 1. The SMILES string of the molecule is COCCOCCC(=O)Nc1nc(-c2ccc(F)cc2)c(C)s1. The molecule has 23 heavy (non-hydrogen) atoms. The standard InChI is InChI=1S/C16H19FN2O3S/c1-11-15(12-3-5-13(17)6-4-12)19-16(23-11)18-14(20)7-8-22-10-9-21-2/h3-6H,7-10H2,1-2H3,(H,18,19,20). The summed E-state index contributed by atoms with van der Waals surface area (Å²) < 4.78 is 23.1. The first-order chi connectivity index (χ1) is 11.1. The number of nitrogens with one attached hydrogen (secondary N) is 1. The van der Waals surface area contributed by atoms with Crippen molar-refractivity contribution in [1.82, 2.24) is 4.98 Å². The molecule has 1 aromatic heterocycles. The van der Waals surface area contributed by atoms with Crippen molar-refractivity contribution in [1.29, 1.82) is 0 Å². The molecule has 0 aliphatic rings. The van der Waals surface area contributed by atoms with Gasteiger partial charge in [0, 0.05) is 17.6 Å². The molecule has 0 radical (unpaired) electrons. The number of hydrogen-bond acceptors (Lipinski definition) is 5. The fraction of sp³-hybridized carbons (Fsp3) is 0.375. The zero-order valence-electron chi connectivity index (χ0n) is 13.1. The summed E-state index contributed by atoms with van der Waals surface area (Å²) in [7, 11) is 1.60. The molecule has 0 saturated heterocycles. The van der Waals surface area contributed by atoms with Crippen molar-refractivity contribution < 1.29 is 18.7 Å². The maximum atomic E-state index is 13.0. The number of carbonyl (C=O) groups excluding carboxylic acids is 1. The van der Waals surface area contributed by atoms with Crippen LogP contribution in [0.15, 0.2) is 24.3 Å². The fourth-order valence-corrected chi connectivity index (χ4v) is 2.77. The first kappa shape index (κ1) is 17.5. The Labute approximate surface area is 138 Å². The molecule has 1 aromatic carbocycles. The minimum Gasteiger partial charge on any atom is -0.382 e. The first-order valence-electron chi connectivity index (χ1n) is 7.20. The molecular weight excluding hydrogens is 319 g/mol. The minimum atomic E-state index is -0.288. The van der Waals surface area contributed by atoms with Gasteiger partial charge in [-0.05, 0) is 31.2 Å². The van der Waals surface area contributed by atoms with Crippen molar-refractivity contribution in [2.45, 2.75) is 13.3 Å². The lowest BCUT2D eigenvalue weighted by atomic mass is 10.1. The van der Waals surface area contributed by atoms with Crippen LogP contribution in [0.5, 0.6) is 0 Å². The maximum Gasteiger partial charge on any atom is 0.228 e. The molecule has 0 aliphatic heterocycles. The summed E-state index contributed by atoms with van der Waals surface area (Å²) in [6.45, 7) is 3.23. The Balaban J connectivity index is 1.90. The van der Waals surface area contributed by atoms with Crippen molar-refractivity contribution in [2.24, 2.45) is 0 Å². The molecule has 2 rings (SSSR count). The lowest BCUT2D eigenvalue weighted by Crippen LogP contribution is -2.15. The number of ether oxygens (including phenoxy) is 2. The molecule has 1 heterocycles. The Hall–Kier alpha value is -1.83. The monoisotopic (exact) mass is 338 g/mol. The zero-order chi connectivity index (χ0) is 16.7. The van der Waals surface area contributed by atoms with E-state index in [9.17, 15) is 9.18 Å². The highest BCUT2D eigenvalue weighted by Crippen LogP contribution is 2.30. The maximum absolute atomic E-state index is 13.0. The van der Waals surface area contributed by atoms with E-state index in [2.05, 4.69) is 10.3 Å². The molecule has 124 valence electrons. The van der Waals surface area contributed by atoms with Crippen molar-refractivity contribution in [3.05, 3.63) is 35.0 Å². The Morgan fingerprint density at radius 2 is 2.00 bits per heavy atom. The summed E-state index contributed by atoms with van der Waals surface area (Å²) in [5.74, 6) is -0.439. The van der Waals surface area contributed by atoms with Crippen LogP contribution in [0.25, 0.3) is 11.3 Å². The van der Waals surface area contributed by atoms with Crippen LogP contribution in [0, 0.1) is 12.7 Å². The van der Waals surface area contributed by atoms with Gasteiger partial charge in [0.15, 0.2) is 5.13 Å². The van der Waals surface area contributed by atoms with Crippen molar-refractivity contribution >= 4 is 22.4 Å². The van der Waals surface area contributed by atoms with Crippen LogP contribution in [0.4, 0.5) is 9.52 Å². The number of halogens is 1. The highest BCUT2D eigenvalue weighted by molar-refractivity contribution is 7.16. The van der Waals surface area contributed by atoms with Gasteiger partial charge >= 0.3 is 0 Å². The topological polar surface area (TPSA) is 60.5 Å². The highest BCUT2D eigenvalue weighted by atomic mass is 32.1. The van der Waals surface area contributed by atoms with Gasteiger partial charge in [0.05, 0.1) is 31.9 Å². The van der Waals surface area contributed by atoms with Gasteiger partial charge in [-0.25, -0.2) is 9.37 Å². The predicted octanol–water partition coefficient (Wildman–Crippen LogP) is 3.25. The summed E-state index contributed by atoms with van der Waals surface area (Å²) in [5.41, 5.74) is 1.57. The van der Waals surface area contributed by atoms with E-state index >= 15 is 0 Å². The Kier molecular flexibility index (Phi) is 6.64. The number of hydrogen-bond donors (Lipinski definition) is 1. The Morgan fingerprint density at radius 1 is 1.26 bits per heavy atom. The lowest BCUT2D eigenvalue weighted by Gasteiger charge is -2.03. The average molecular weight is 338 g/mol. The second-order valence-corrected chi connectivity index (χ2v) is 6.04. The number of rotatable bonds is 8. The van der Waals surface area contributed by atoms with Crippen LogP contribution in [0.2, 0.25) is 0 Å². The van der Waals surface area contributed by atoms with Crippen LogP contribution in [-0.2, 0) is 14.3 Å². The molecule has 0 spiro atoms. The quantitative estimate of drug-likeness (QED) is 0.751. The number of aryl methyl sites for hydroxylation is 1. The van der Waals surface area contributed by atoms with Crippen molar-refractivity contribution in [2.75, 3.05) is 32.2 Å². The molecule has 5 nitrogen and oxygen atoms in total. The van der Waals surface area contributed by atoms with E-state index in [1.165, 1.54) is 23.5 Å². The molecule has 0 unspecified atom stereocenters. The third-order valence-corrected chi connectivity index (χ3v) is 3.95. The Morgan fingerprint density at radius 3 is 2.70 bits per heavy atom. The van der Waals surface area contributed by atoms with E-state index in [1.807, 2.05) is 6.92 Å². The molecule has 1 amide bonds. The van der Waals surface area contributed by atoms with Crippen molar-refractivity contribution in [3.63, 3.8) is 0 Å². The van der Waals surface area contributed by atoms with Gasteiger partial charge in [-0.15, -0.1) is 11.3 Å². The smallest absolute Gasteiger partial charge is 0.228 e. The third-order valence-electron chi connectivity index (χ3n) is 3.07. The number of thiazole rings is 1. The zero-order valence-corrected chi connectivity index (χ0v) is 13.9. The lowest BCUT2D eigenvalue weighted by molar-refractivity contribution is -0.117. The summed E-state index contributed by atoms with van der Waals surface area (Å²) in [4.78, 5) is 17.2. The van der Waals surface area contributed by atoms with Crippen LogP contribution in [0.3, 0.4) is 0 Å². The molecule has 0 bridgehead atoms. The number of aromatic nitrogens is 1. The number of methoxy groups -OCH3 is 1. The molecule has 2 aromatic rings. The summed E-state index contributed by atoms with van der Waals surface area (Å²) >= 11 is 1.39. The number of amides is 1. The fourth-order valence-electron chi connectivity index (χ4n) is 1.92. The number of benzene rings is 1. The molecule has 0 saturated carbocycles. The van der Waals surface area contributed by atoms with Gasteiger partial charge in [0.25, 0.3) is 0 Å². The van der Waals surface area contributed by atoms with E-state index in [1.54, 1.807) is 19.2 Å². The molecule has 0 aliphatic carbocycles. The first-order valence-corrected chi connectivity index (χ1v) is 8.01. The number of carbonyl (C=O) groups is 1. The summed E-state index contributed by atoms with van der Waals surface area (Å²) in [6, 6.07) is 6.13. The van der Waals surface area contributed by atoms with E-state index in [0.717, 1.165) is 16.1 Å². The summed E-state index contributed by atoms with van der Waals surface area (Å²) in [6.07, 6.45) is 0.258. The van der Waals surface area contributed by atoms with Crippen LogP contribution in [0.1, 0.15) is 11.3 Å². The minimum absolute atomic E-state index is 0.151. The van der Waals surface area contributed by atoms with Gasteiger partial charge in [-0.2, -0.15) is 0 Å². The van der Waals surface area contributed by atoms with Gasteiger partial charge in [-0.3, -0.25) is 4.79 Å². The molecule has 7 heteroatoms. The van der Waals surface area contributed by atoms with E-state index in [-0.39, 0.29) is 18.1 Å². The van der Waals surface area contributed by atoms with E-state index < -0.39 is 0 Å². The predicted molar refractivity (Wildman–Crippen MR) is 88.2 cm³/mol. The van der Waals surface area contributed by atoms with Crippen LogP contribution >= 0.6 is 11.3 Å². The molecule has 0 fully saturated rings. The third kappa shape index (κ3) is 5.38. The largest absolute Gasteiger partial charge is 0.382 e. The average Bonchev–Trinajstić information content (AvgIpc) is 2.88. The van der Waals surface area contributed by atoms with Crippen LogP contribution in [-0.4, -0.2) is 37.8 Å². The second kappa shape index (κ2) is 8.71. The summed E-state index contributed by atoms with van der Waals surface area (Å²) in [5, 5.41) is 3.29. The highest BCUT2D eigenvalue weighted by Gasteiger charge is 2.12. The van der Waals surface area contributed by atoms with Crippen LogP contribution < -0.4 is 5.32 Å². The second-order valence-electron chi connectivity index (χ2n) is 4.83. The van der Waals surface area contributed by atoms with E-state index in [4.69, 9.17) is 9.47 Å². The van der Waals surface area contributed by atoms with Crippen molar-refractivity contribution in [3.8, 4) is 11.3 Å². The number of anilines is 1. The molecular formula is C16H19FN2O3S.